The summed E-state index contributed by atoms with van der Waals surface area (Å²) in [7, 11) is 0. The van der Waals surface area contributed by atoms with Crippen molar-refractivity contribution in [2.45, 2.75) is 39.2 Å². The zero-order valence-electron chi connectivity index (χ0n) is 23.4. The number of likely N-dealkylation sites (N-methyl/N-ethyl adjacent to an activating group) is 1. The van der Waals surface area contributed by atoms with Crippen molar-refractivity contribution in [3.8, 4) is 11.5 Å². The number of carboxylic acids is 1. The molecule has 3 aromatic rings. The summed E-state index contributed by atoms with van der Waals surface area (Å²) >= 11 is 11.7. The molecule has 3 rings (SSSR count). The molecule has 10 nitrogen and oxygen atoms in total. The van der Waals surface area contributed by atoms with Crippen molar-refractivity contribution in [3.63, 3.8) is 0 Å². The smallest absolute Gasteiger partial charge is 0.416 e. The van der Waals surface area contributed by atoms with Crippen LogP contribution in [0, 0.1) is 0 Å². The molecule has 0 fully saturated rings. The number of carboxylic acid groups (broad SMARTS) is 1. The fraction of sp³-hybridized carbons (Fsp3) is 0.241. The Morgan fingerprint density at radius 2 is 1.55 bits per heavy atom. The number of carbonyl (C=O) groups excluding carboxylic acids is 3. The van der Waals surface area contributed by atoms with Crippen molar-refractivity contribution in [3.05, 3.63) is 87.9 Å². The molecule has 15 heteroatoms. The fourth-order valence-electron chi connectivity index (χ4n) is 3.09. The van der Waals surface area contributed by atoms with E-state index in [9.17, 15) is 32.3 Å². The van der Waals surface area contributed by atoms with E-state index in [2.05, 4.69) is 10.6 Å². The Bertz CT molecular complexity index is 1470. The third-order valence-corrected chi connectivity index (χ3v) is 5.93. The van der Waals surface area contributed by atoms with Crippen molar-refractivity contribution in [1.82, 2.24) is 5.32 Å². The van der Waals surface area contributed by atoms with Crippen LogP contribution in [0.15, 0.2) is 66.7 Å². The van der Waals surface area contributed by atoms with E-state index in [1.165, 1.54) is 19.1 Å². The van der Waals surface area contributed by atoms with Gasteiger partial charge in [-0.3, -0.25) is 10.1 Å². The lowest BCUT2D eigenvalue weighted by Crippen LogP contribution is -2.36. The molecule has 0 radical (unpaired) electrons. The quantitative estimate of drug-likeness (QED) is 0.205. The number of para-hydroxylation sites is 1. The largest absolute Gasteiger partial charge is 0.479 e. The first-order valence-corrected chi connectivity index (χ1v) is 13.5. The van der Waals surface area contributed by atoms with Gasteiger partial charge < -0.3 is 24.6 Å². The van der Waals surface area contributed by atoms with Gasteiger partial charge in [0.1, 0.15) is 11.5 Å². The standard InChI is InChI=1S/C17H11Cl2F3O5.C12H16N2O3/c1-8(15(23)24)26-16(25)11-7-10(3-4-12(11)18)27-14-5-2-9(6-13(14)19)17(20,21)22;1-3-13-11(15)9(2)17-12(16)14-10-7-5-4-6-8-10/h2-8H,1H3,(H,23,24);4-9H,3H2,1-2H3,(H,13,15)(H,14,16)/t8-;/m0./s1. The van der Waals surface area contributed by atoms with Crippen LogP contribution < -0.4 is 15.4 Å². The van der Waals surface area contributed by atoms with Crippen molar-refractivity contribution in [2.75, 3.05) is 11.9 Å². The average molecular weight is 659 g/mol. The van der Waals surface area contributed by atoms with Gasteiger partial charge in [0.2, 0.25) is 0 Å². The van der Waals surface area contributed by atoms with Crippen LogP contribution in [0.25, 0.3) is 0 Å². The van der Waals surface area contributed by atoms with E-state index >= 15 is 0 Å². The maximum absolute atomic E-state index is 12.7. The number of nitrogens with one attached hydrogen (secondary N) is 2. The zero-order valence-corrected chi connectivity index (χ0v) is 24.9. The number of hydrogen-bond donors (Lipinski definition) is 3. The number of anilines is 1. The Morgan fingerprint density at radius 3 is 2.11 bits per heavy atom. The molecule has 0 aliphatic rings. The number of benzene rings is 3. The summed E-state index contributed by atoms with van der Waals surface area (Å²) in [5.41, 5.74) is -0.492. The fourth-order valence-corrected chi connectivity index (χ4v) is 3.50. The minimum Gasteiger partial charge on any atom is -0.479 e. The van der Waals surface area contributed by atoms with E-state index in [4.69, 9.17) is 42.5 Å². The molecule has 3 aromatic carbocycles. The Kier molecular flexibility index (Phi) is 13.3. The van der Waals surface area contributed by atoms with Gasteiger partial charge in [0, 0.05) is 12.2 Å². The van der Waals surface area contributed by atoms with Crippen LogP contribution >= 0.6 is 23.2 Å². The summed E-state index contributed by atoms with van der Waals surface area (Å²) in [5, 5.41) is 13.6. The first-order chi connectivity index (χ1) is 20.6. The summed E-state index contributed by atoms with van der Waals surface area (Å²) in [6, 6.07) is 15.2. The van der Waals surface area contributed by atoms with E-state index in [0.29, 0.717) is 18.3 Å². The molecule has 0 heterocycles. The number of carbonyl (C=O) groups is 4. The Hall–Kier alpha value is -4.49. The van der Waals surface area contributed by atoms with Gasteiger partial charge in [0.05, 0.1) is 21.2 Å². The summed E-state index contributed by atoms with van der Waals surface area (Å²) in [6.45, 7) is 4.99. The summed E-state index contributed by atoms with van der Waals surface area (Å²) in [5.74, 6) is -2.70. The average Bonchev–Trinajstić information content (AvgIpc) is 2.95. The van der Waals surface area contributed by atoms with Crippen LogP contribution in [-0.2, 0) is 25.2 Å². The highest BCUT2D eigenvalue weighted by molar-refractivity contribution is 6.33. The van der Waals surface area contributed by atoms with E-state index in [-0.39, 0.29) is 33.0 Å². The molecule has 0 saturated carbocycles. The van der Waals surface area contributed by atoms with E-state index in [1.807, 2.05) is 6.07 Å². The molecule has 0 aliphatic carbocycles. The predicted molar refractivity (Wildman–Crippen MR) is 155 cm³/mol. The first kappa shape index (κ1) is 35.7. The second-order valence-corrected chi connectivity index (χ2v) is 9.52. The third-order valence-electron chi connectivity index (χ3n) is 5.30. The van der Waals surface area contributed by atoms with Crippen LogP contribution in [0.3, 0.4) is 0 Å². The lowest BCUT2D eigenvalue weighted by atomic mass is 10.2. The normalized spacial score (nSPS) is 12.0. The molecule has 0 aromatic heterocycles. The number of rotatable bonds is 9. The Labute approximate surface area is 260 Å². The Morgan fingerprint density at radius 1 is 0.886 bits per heavy atom. The second kappa shape index (κ2) is 16.4. The summed E-state index contributed by atoms with van der Waals surface area (Å²) < 4.78 is 53.0. The molecule has 0 bridgehead atoms. The lowest BCUT2D eigenvalue weighted by molar-refractivity contribution is -0.146. The van der Waals surface area contributed by atoms with Gasteiger partial charge in [0.25, 0.3) is 5.91 Å². The molecule has 3 N–H and O–H groups in total. The Balaban J connectivity index is 0.000000342. The second-order valence-electron chi connectivity index (χ2n) is 8.71. The first-order valence-electron chi connectivity index (χ1n) is 12.7. The number of alkyl halides is 3. The molecular weight excluding hydrogens is 632 g/mol. The number of esters is 1. The minimum atomic E-state index is -4.56. The van der Waals surface area contributed by atoms with Gasteiger partial charge in [-0.2, -0.15) is 13.2 Å². The van der Waals surface area contributed by atoms with Gasteiger partial charge >= 0.3 is 24.2 Å². The predicted octanol–water partition coefficient (Wildman–Crippen LogP) is 7.19. The van der Waals surface area contributed by atoms with Crippen LogP contribution in [-0.4, -0.2) is 47.8 Å². The number of ether oxygens (including phenoxy) is 3. The van der Waals surface area contributed by atoms with Crippen LogP contribution in [0.5, 0.6) is 11.5 Å². The van der Waals surface area contributed by atoms with Crippen molar-refractivity contribution in [1.29, 1.82) is 0 Å². The lowest BCUT2D eigenvalue weighted by Gasteiger charge is -2.13. The maximum Gasteiger partial charge on any atom is 0.416 e. The van der Waals surface area contributed by atoms with Crippen LogP contribution in [0.2, 0.25) is 10.0 Å². The summed E-state index contributed by atoms with van der Waals surface area (Å²) in [6.07, 6.45) is -7.41. The zero-order chi connectivity index (χ0) is 33.0. The minimum absolute atomic E-state index is 0.0246. The van der Waals surface area contributed by atoms with Gasteiger partial charge in [-0.1, -0.05) is 41.4 Å². The van der Waals surface area contributed by atoms with E-state index in [0.717, 1.165) is 25.1 Å². The number of amides is 2. The topological polar surface area (TPSA) is 140 Å². The number of halogens is 5. The molecule has 236 valence electrons. The molecule has 2 amide bonds. The SMILES string of the molecule is CCNC(=O)C(C)OC(=O)Nc1ccccc1.C[C@H](OC(=O)c1cc(Oc2ccc(C(F)(F)F)cc2Cl)ccc1Cl)C(=O)O. The molecule has 44 heavy (non-hydrogen) atoms. The van der Waals surface area contributed by atoms with Gasteiger partial charge in [-0.05, 0) is 69.3 Å². The molecule has 0 saturated heterocycles. The monoisotopic (exact) mass is 658 g/mol. The number of aliphatic carboxylic acids is 1. The van der Waals surface area contributed by atoms with E-state index in [1.54, 1.807) is 31.2 Å². The van der Waals surface area contributed by atoms with Crippen molar-refractivity contribution >= 4 is 52.8 Å². The van der Waals surface area contributed by atoms with E-state index < -0.39 is 42.0 Å². The molecular formula is C29H27Cl2F3N2O8. The third kappa shape index (κ3) is 11.3. The highest BCUT2D eigenvalue weighted by Crippen LogP contribution is 2.37. The van der Waals surface area contributed by atoms with Crippen molar-refractivity contribution in [2.24, 2.45) is 0 Å². The van der Waals surface area contributed by atoms with Crippen LogP contribution in [0.1, 0.15) is 36.7 Å². The van der Waals surface area contributed by atoms with Gasteiger partial charge in [-0.25, -0.2) is 14.4 Å². The molecule has 1 unspecified atom stereocenters. The van der Waals surface area contributed by atoms with Gasteiger partial charge in [-0.15, -0.1) is 0 Å². The van der Waals surface area contributed by atoms with Gasteiger partial charge in [0.15, 0.2) is 12.2 Å². The van der Waals surface area contributed by atoms with Crippen molar-refractivity contribution < 1.29 is 51.7 Å². The maximum atomic E-state index is 12.7. The highest BCUT2D eigenvalue weighted by Gasteiger charge is 2.31. The van der Waals surface area contributed by atoms with Crippen LogP contribution in [0.4, 0.5) is 23.7 Å². The number of hydrogen-bond acceptors (Lipinski definition) is 7. The highest BCUT2D eigenvalue weighted by atomic mass is 35.5. The molecule has 2 atom stereocenters. The molecule has 0 aliphatic heterocycles. The summed E-state index contributed by atoms with van der Waals surface area (Å²) in [4.78, 5) is 45.5. The molecule has 0 spiro atoms.